The average molecular weight is 305 g/mol. The summed E-state index contributed by atoms with van der Waals surface area (Å²) < 4.78 is 5.75. The van der Waals surface area contributed by atoms with Crippen LogP contribution >= 0.6 is 11.6 Å². The zero-order valence-electron chi connectivity index (χ0n) is 12.9. The van der Waals surface area contributed by atoms with Crippen molar-refractivity contribution >= 4 is 11.6 Å². The van der Waals surface area contributed by atoms with Crippen molar-refractivity contribution in [1.29, 1.82) is 0 Å². The molecule has 4 heteroatoms. The van der Waals surface area contributed by atoms with Gasteiger partial charge in [-0.15, -0.1) is 0 Å². The molecule has 1 aromatic heterocycles. The minimum atomic E-state index is 0.0616. The predicted molar refractivity (Wildman–Crippen MR) is 87.1 cm³/mol. The van der Waals surface area contributed by atoms with E-state index in [0.29, 0.717) is 16.5 Å². The summed E-state index contributed by atoms with van der Waals surface area (Å²) in [6.45, 7) is 9.06. The number of ether oxygens (including phenoxy) is 1. The van der Waals surface area contributed by atoms with E-state index in [4.69, 9.17) is 16.3 Å². The molecule has 2 rings (SSSR count). The number of hydrogen-bond acceptors (Lipinski definition) is 3. The Morgan fingerprint density at radius 3 is 2.43 bits per heavy atom. The van der Waals surface area contributed by atoms with Gasteiger partial charge in [0.25, 0.3) is 0 Å². The molecule has 0 saturated carbocycles. The van der Waals surface area contributed by atoms with Gasteiger partial charge in [0.15, 0.2) is 0 Å². The molecule has 0 amide bonds. The molecule has 0 spiro atoms. The Kier molecular flexibility index (Phi) is 4.86. The fourth-order valence-corrected chi connectivity index (χ4v) is 1.98. The summed E-state index contributed by atoms with van der Waals surface area (Å²) in [4.78, 5) is 4.20. The number of hydrogen-bond donors (Lipinski definition) is 1. The van der Waals surface area contributed by atoms with Crippen molar-refractivity contribution in [2.24, 2.45) is 0 Å². The zero-order valence-corrected chi connectivity index (χ0v) is 13.7. The van der Waals surface area contributed by atoms with Gasteiger partial charge >= 0.3 is 0 Å². The summed E-state index contributed by atoms with van der Waals surface area (Å²) in [5, 5.41) is 4.12. The fraction of sp³-hybridized carbons (Fsp3) is 0.353. The van der Waals surface area contributed by atoms with E-state index in [2.05, 4.69) is 31.1 Å². The van der Waals surface area contributed by atoms with E-state index in [1.165, 1.54) is 0 Å². The summed E-state index contributed by atoms with van der Waals surface area (Å²) in [5.74, 6) is 1.42. The molecule has 0 atom stereocenters. The number of benzene rings is 1. The molecule has 0 aliphatic carbocycles. The molecule has 0 aliphatic heterocycles. The summed E-state index contributed by atoms with van der Waals surface area (Å²) in [6, 6.07) is 9.55. The van der Waals surface area contributed by atoms with Crippen molar-refractivity contribution in [3.8, 4) is 11.5 Å². The number of aromatic nitrogens is 1. The average Bonchev–Trinajstić information content (AvgIpc) is 2.39. The predicted octanol–water partition coefficient (Wildman–Crippen LogP) is 4.72. The molecule has 0 radical (unpaired) electrons. The molecule has 21 heavy (non-hydrogen) atoms. The van der Waals surface area contributed by atoms with Crippen LogP contribution in [0.4, 0.5) is 0 Å². The SMILES string of the molecule is Cc1ccc(Oc2ccc(CNC(C)(C)C)c(Cl)c2)cn1. The highest BCUT2D eigenvalue weighted by Crippen LogP contribution is 2.26. The summed E-state index contributed by atoms with van der Waals surface area (Å²) in [7, 11) is 0. The van der Waals surface area contributed by atoms with E-state index in [9.17, 15) is 0 Å². The Hall–Kier alpha value is -1.58. The first-order valence-electron chi connectivity index (χ1n) is 6.97. The smallest absolute Gasteiger partial charge is 0.145 e. The van der Waals surface area contributed by atoms with Crippen LogP contribution in [-0.2, 0) is 6.54 Å². The Bertz CT molecular complexity index is 603. The van der Waals surface area contributed by atoms with Gasteiger partial charge in [0.2, 0.25) is 0 Å². The molecule has 0 bridgehead atoms. The van der Waals surface area contributed by atoms with Crippen LogP contribution in [0.3, 0.4) is 0 Å². The Morgan fingerprint density at radius 2 is 1.86 bits per heavy atom. The van der Waals surface area contributed by atoms with Crippen molar-refractivity contribution in [3.05, 3.63) is 52.8 Å². The zero-order chi connectivity index (χ0) is 15.5. The Balaban J connectivity index is 2.06. The van der Waals surface area contributed by atoms with Gasteiger partial charge < -0.3 is 10.1 Å². The number of pyridine rings is 1. The van der Waals surface area contributed by atoms with Crippen LogP contribution in [0.15, 0.2) is 36.5 Å². The van der Waals surface area contributed by atoms with Crippen molar-refractivity contribution in [2.75, 3.05) is 0 Å². The first-order chi connectivity index (χ1) is 9.83. The van der Waals surface area contributed by atoms with E-state index in [0.717, 1.165) is 17.8 Å². The number of nitrogens with one attached hydrogen (secondary N) is 1. The van der Waals surface area contributed by atoms with Crippen LogP contribution in [0, 0.1) is 6.92 Å². The Morgan fingerprint density at radius 1 is 1.14 bits per heavy atom. The molecule has 2 aromatic rings. The molecule has 1 N–H and O–H groups in total. The summed E-state index contributed by atoms with van der Waals surface area (Å²) in [5.41, 5.74) is 2.08. The maximum Gasteiger partial charge on any atom is 0.145 e. The summed E-state index contributed by atoms with van der Waals surface area (Å²) >= 11 is 6.31. The highest BCUT2D eigenvalue weighted by Gasteiger charge is 2.10. The lowest BCUT2D eigenvalue weighted by atomic mass is 10.1. The Labute approximate surface area is 131 Å². The van der Waals surface area contributed by atoms with Crippen molar-refractivity contribution in [3.63, 3.8) is 0 Å². The van der Waals surface area contributed by atoms with Gasteiger partial charge in [0.05, 0.1) is 6.20 Å². The van der Waals surface area contributed by atoms with Crippen LogP contribution in [0.1, 0.15) is 32.0 Å². The minimum absolute atomic E-state index is 0.0616. The van der Waals surface area contributed by atoms with Crippen LogP contribution < -0.4 is 10.1 Å². The van der Waals surface area contributed by atoms with Gasteiger partial charge in [0.1, 0.15) is 11.5 Å². The molecule has 1 aromatic carbocycles. The highest BCUT2D eigenvalue weighted by atomic mass is 35.5. The van der Waals surface area contributed by atoms with Crippen molar-refractivity contribution in [1.82, 2.24) is 10.3 Å². The lowest BCUT2D eigenvalue weighted by Crippen LogP contribution is -2.35. The third kappa shape index (κ3) is 5.03. The molecular weight excluding hydrogens is 284 g/mol. The molecule has 0 unspecified atom stereocenters. The van der Waals surface area contributed by atoms with E-state index >= 15 is 0 Å². The fourth-order valence-electron chi connectivity index (χ4n) is 1.75. The largest absolute Gasteiger partial charge is 0.456 e. The van der Waals surface area contributed by atoms with E-state index in [-0.39, 0.29) is 5.54 Å². The van der Waals surface area contributed by atoms with Gasteiger partial charge in [0, 0.05) is 22.8 Å². The normalized spacial score (nSPS) is 11.5. The first-order valence-corrected chi connectivity index (χ1v) is 7.35. The first kappa shape index (κ1) is 15.8. The quantitative estimate of drug-likeness (QED) is 0.887. The van der Waals surface area contributed by atoms with Gasteiger partial charge in [-0.2, -0.15) is 0 Å². The maximum absolute atomic E-state index is 6.31. The monoisotopic (exact) mass is 304 g/mol. The number of nitrogens with zero attached hydrogens (tertiary/aromatic N) is 1. The van der Waals surface area contributed by atoms with E-state index < -0.39 is 0 Å². The van der Waals surface area contributed by atoms with Gasteiger partial charge in [-0.25, -0.2) is 0 Å². The van der Waals surface area contributed by atoms with Crippen LogP contribution in [-0.4, -0.2) is 10.5 Å². The van der Waals surface area contributed by atoms with Crippen molar-refractivity contribution in [2.45, 2.75) is 39.8 Å². The molecule has 1 heterocycles. The van der Waals surface area contributed by atoms with Crippen molar-refractivity contribution < 1.29 is 4.74 Å². The molecular formula is C17H21ClN2O. The van der Waals surface area contributed by atoms with E-state index in [1.807, 2.05) is 37.3 Å². The molecule has 0 fully saturated rings. The molecule has 0 saturated heterocycles. The van der Waals surface area contributed by atoms with Gasteiger partial charge in [-0.3, -0.25) is 4.98 Å². The van der Waals surface area contributed by atoms with Crippen LogP contribution in [0.5, 0.6) is 11.5 Å². The maximum atomic E-state index is 6.31. The lowest BCUT2D eigenvalue weighted by molar-refractivity contribution is 0.424. The lowest BCUT2D eigenvalue weighted by Gasteiger charge is -2.21. The third-order valence-corrected chi connectivity index (χ3v) is 3.31. The molecule has 0 aliphatic rings. The summed E-state index contributed by atoms with van der Waals surface area (Å²) in [6.07, 6.45) is 1.71. The topological polar surface area (TPSA) is 34.1 Å². The number of rotatable bonds is 4. The van der Waals surface area contributed by atoms with Gasteiger partial charge in [-0.05, 0) is 57.5 Å². The highest BCUT2D eigenvalue weighted by molar-refractivity contribution is 6.31. The van der Waals surface area contributed by atoms with Crippen LogP contribution in [0.2, 0.25) is 5.02 Å². The van der Waals surface area contributed by atoms with Gasteiger partial charge in [-0.1, -0.05) is 17.7 Å². The second kappa shape index (κ2) is 6.46. The number of halogens is 1. The molecule has 112 valence electrons. The standard InChI is InChI=1S/C17H21ClN2O/c1-12-5-7-15(11-19-12)21-14-8-6-13(16(18)9-14)10-20-17(2,3)4/h5-9,11,20H,10H2,1-4H3. The minimum Gasteiger partial charge on any atom is -0.456 e. The van der Waals surface area contributed by atoms with Crippen LogP contribution in [0.25, 0.3) is 0 Å². The third-order valence-electron chi connectivity index (χ3n) is 2.95. The van der Waals surface area contributed by atoms with E-state index in [1.54, 1.807) is 6.20 Å². The number of aryl methyl sites for hydroxylation is 1. The second-order valence-corrected chi connectivity index (χ2v) is 6.50. The second-order valence-electron chi connectivity index (χ2n) is 6.09. The molecule has 3 nitrogen and oxygen atoms in total.